The molecule has 3 rings (SSSR count). The SMILES string of the molecule is OC1C2COCCCCOc3ccccc3C(O2)C(O)C1O. The first-order valence-electron chi connectivity index (χ1n) is 7.67. The Bertz CT molecular complexity index is 493. The first-order chi connectivity index (χ1) is 10.7. The summed E-state index contributed by atoms with van der Waals surface area (Å²) in [6.07, 6.45) is -3.43. The number of para-hydroxylation sites is 1. The maximum atomic E-state index is 10.3. The van der Waals surface area contributed by atoms with Gasteiger partial charge >= 0.3 is 0 Å². The lowest BCUT2D eigenvalue weighted by Crippen LogP contribution is -2.55. The van der Waals surface area contributed by atoms with Crippen molar-refractivity contribution in [2.24, 2.45) is 0 Å². The van der Waals surface area contributed by atoms with Crippen LogP contribution in [-0.4, -0.2) is 59.6 Å². The molecule has 6 heteroatoms. The second-order valence-electron chi connectivity index (χ2n) is 5.74. The predicted molar refractivity (Wildman–Crippen MR) is 77.6 cm³/mol. The number of aliphatic hydroxyl groups excluding tert-OH is 3. The monoisotopic (exact) mass is 310 g/mol. The summed E-state index contributed by atoms with van der Waals surface area (Å²) in [6.45, 7) is 1.28. The highest BCUT2D eigenvalue weighted by Crippen LogP contribution is 2.37. The fourth-order valence-corrected chi connectivity index (χ4v) is 2.88. The molecule has 0 amide bonds. The van der Waals surface area contributed by atoms with Crippen molar-refractivity contribution in [1.29, 1.82) is 0 Å². The second-order valence-corrected chi connectivity index (χ2v) is 5.74. The van der Waals surface area contributed by atoms with Gasteiger partial charge in [-0.25, -0.2) is 0 Å². The van der Waals surface area contributed by atoms with Crippen LogP contribution in [0.2, 0.25) is 0 Å². The molecule has 1 aromatic carbocycles. The van der Waals surface area contributed by atoms with Gasteiger partial charge in [-0.15, -0.1) is 0 Å². The summed E-state index contributed by atoms with van der Waals surface area (Å²) in [5, 5.41) is 30.5. The first-order valence-corrected chi connectivity index (χ1v) is 7.67. The largest absolute Gasteiger partial charge is 0.493 e. The summed E-state index contributed by atoms with van der Waals surface area (Å²) < 4.78 is 17.1. The Morgan fingerprint density at radius 3 is 2.55 bits per heavy atom. The summed E-state index contributed by atoms with van der Waals surface area (Å²) >= 11 is 0. The molecular formula is C16H22O6. The smallest absolute Gasteiger partial charge is 0.125 e. The number of hydrogen-bond donors (Lipinski definition) is 3. The molecule has 5 unspecified atom stereocenters. The van der Waals surface area contributed by atoms with Gasteiger partial charge in [-0.3, -0.25) is 0 Å². The fraction of sp³-hybridized carbons (Fsp3) is 0.625. The molecule has 2 aliphatic rings. The van der Waals surface area contributed by atoms with Crippen molar-refractivity contribution >= 4 is 0 Å². The summed E-state index contributed by atoms with van der Waals surface area (Å²) in [4.78, 5) is 0. The molecular weight excluding hydrogens is 288 g/mol. The minimum atomic E-state index is -1.29. The summed E-state index contributed by atoms with van der Waals surface area (Å²) in [5.74, 6) is 0.635. The quantitative estimate of drug-likeness (QED) is 0.643. The lowest BCUT2D eigenvalue weighted by Gasteiger charge is -2.41. The van der Waals surface area contributed by atoms with Gasteiger partial charge in [0.05, 0.1) is 13.2 Å². The van der Waals surface area contributed by atoms with Crippen LogP contribution in [0.5, 0.6) is 5.75 Å². The van der Waals surface area contributed by atoms with E-state index in [2.05, 4.69) is 0 Å². The number of ether oxygens (including phenoxy) is 3. The van der Waals surface area contributed by atoms with Gasteiger partial charge in [0.25, 0.3) is 0 Å². The zero-order valence-electron chi connectivity index (χ0n) is 12.3. The molecule has 0 spiro atoms. The highest BCUT2D eigenvalue weighted by molar-refractivity contribution is 5.36. The van der Waals surface area contributed by atoms with Gasteiger partial charge in [-0.2, -0.15) is 0 Å². The third kappa shape index (κ3) is 3.11. The van der Waals surface area contributed by atoms with E-state index in [0.29, 0.717) is 24.5 Å². The average Bonchev–Trinajstić information content (AvgIpc) is 2.53. The predicted octanol–water partition coefficient (Wildman–Crippen LogP) is 0.398. The van der Waals surface area contributed by atoms with Crippen LogP contribution in [0.15, 0.2) is 24.3 Å². The zero-order valence-corrected chi connectivity index (χ0v) is 12.3. The average molecular weight is 310 g/mol. The van der Waals surface area contributed by atoms with Crippen molar-refractivity contribution in [2.45, 2.75) is 43.4 Å². The van der Waals surface area contributed by atoms with Crippen LogP contribution < -0.4 is 4.74 Å². The lowest BCUT2D eigenvalue weighted by molar-refractivity contribution is -0.235. The Morgan fingerprint density at radius 2 is 1.68 bits per heavy atom. The van der Waals surface area contributed by atoms with Crippen molar-refractivity contribution in [2.75, 3.05) is 19.8 Å². The van der Waals surface area contributed by atoms with E-state index in [0.717, 1.165) is 12.8 Å². The Kier molecular flexibility index (Phi) is 4.95. The molecule has 0 aromatic heterocycles. The fourth-order valence-electron chi connectivity index (χ4n) is 2.88. The maximum Gasteiger partial charge on any atom is 0.125 e. The zero-order chi connectivity index (χ0) is 15.5. The van der Waals surface area contributed by atoms with Crippen LogP contribution in [0, 0.1) is 0 Å². The topological polar surface area (TPSA) is 88.4 Å². The molecule has 122 valence electrons. The van der Waals surface area contributed by atoms with Gasteiger partial charge in [0.2, 0.25) is 0 Å². The molecule has 0 saturated carbocycles. The van der Waals surface area contributed by atoms with Crippen molar-refractivity contribution < 1.29 is 29.5 Å². The van der Waals surface area contributed by atoms with E-state index >= 15 is 0 Å². The Labute approximate surface area is 129 Å². The molecule has 0 radical (unpaired) electrons. The number of hydrogen-bond acceptors (Lipinski definition) is 6. The summed E-state index contributed by atoms with van der Waals surface area (Å²) in [6, 6.07) is 7.30. The third-order valence-electron chi connectivity index (χ3n) is 4.16. The Balaban J connectivity index is 1.93. The van der Waals surface area contributed by atoms with Crippen LogP contribution in [0.25, 0.3) is 0 Å². The molecule has 3 N–H and O–H groups in total. The molecule has 1 saturated heterocycles. The van der Waals surface area contributed by atoms with Gasteiger partial charge in [0, 0.05) is 12.2 Å². The van der Waals surface area contributed by atoms with E-state index in [9.17, 15) is 15.3 Å². The lowest BCUT2D eigenvalue weighted by atomic mass is 9.91. The van der Waals surface area contributed by atoms with E-state index in [1.165, 1.54) is 0 Å². The number of fused-ring (bicyclic) bond motifs is 4. The number of rotatable bonds is 0. The summed E-state index contributed by atoms with van der Waals surface area (Å²) in [7, 11) is 0. The van der Waals surface area contributed by atoms with E-state index in [4.69, 9.17) is 14.2 Å². The highest BCUT2D eigenvalue weighted by atomic mass is 16.6. The molecule has 1 fully saturated rings. The second kappa shape index (κ2) is 6.93. The Hall–Kier alpha value is -1.18. The van der Waals surface area contributed by atoms with Gasteiger partial charge < -0.3 is 29.5 Å². The highest BCUT2D eigenvalue weighted by Gasteiger charge is 2.45. The molecule has 6 nitrogen and oxygen atoms in total. The van der Waals surface area contributed by atoms with Crippen LogP contribution >= 0.6 is 0 Å². The molecule has 2 bridgehead atoms. The van der Waals surface area contributed by atoms with Crippen molar-refractivity contribution in [3.05, 3.63) is 29.8 Å². The molecule has 2 aliphatic heterocycles. The minimum Gasteiger partial charge on any atom is -0.493 e. The van der Waals surface area contributed by atoms with E-state index < -0.39 is 30.5 Å². The molecule has 5 atom stereocenters. The van der Waals surface area contributed by atoms with Crippen LogP contribution in [-0.2, 0) is 9.47 Å². The van der Waals surface area contributed by atoms with Gasteiger partial charge in [0.15, 0.2) is 0 Å². The van der Waals surface area contributed by atoms with E-state index in [1.807, 2.05) is 18.2 Å². The van der Waals surface area contributed by atoms with Crippen molar-refractivity contribution in [1.82, 2.24) is 0 Å². The normalized spacial score (nSPS) is 36.4. The van der Waals surface area contributed by atoms with Gasteiger partial charge in [-0.1, -0.05) is 18.2 Å². The van der Waals surface area contributed by atoms with Crippen molar-refractivity contribution in [3.8, 4) is 5.75 Å². The van der Waals surface area contributed by atoms with Crippen LogP contribution in [0.4, 0.5) is 0 Å². The van der Waals surface area contributed by atoms with Crippen molar-refractivity contribution in [3.63, 3.8) is 0 Å². The molecule has 2 heterocycles. The third-order valence-corrected chi connectivity index (χ3v) is 4.16. The Morgan fingerprint density at radius 1 is 0.909 bits per heavy atom. The standard InChI is InChI=1S/C16H22O6/c17-13-12-9-20-7-3-4-8-21-11-6-2-1-5-10(11)16(22-12)15(19)14(13)18/h1-2,5-6,12-19H,3-4,7-9H2. The minimum absolute atomic E-state index is 0.185. The van der Waals surface area contributed by atoms with E-state index in [-0.39, 0.29) is 6.61 Å². The molecule has 1 aromatic rings. The van der Waals surface area contributed by atoms with Gasteiger partial charge in [0.1, 0.15) is 36.3 Å². The van der Waals surface area contributed by atoms with Crippen LogP contribution in [0.1, 0.15) is 24.5 Å². The first kappa shape index (κ1) is 15.7. The number of benzene rings is 1. The van der Waals surface area contributed by atoms with Gasteiger partial charge in [-0.05, 0) is 18.9 Å². The summed E-state index contributed by atoms with van der Waals surface area (Å²) in [5.41, 5.74) is 0.673. The molecule has 22 heavy (non-hydrogen) atoms. The van der Waals surface area contributed by atoms with Crippen LogP contribution in [0.3, 0.4) is 0 Å². The van der Waals surface area contributed by atoms with E-state index in [1.54, 1.807) is 6.07 Å². The molecule has 0 aliphatic carbocycles. The number of aliphatic hydroxyl groups is 3. The maximum absolute atomic E-state index is 10.3.